The number of aliphatic hydroxyl groups excluding tert-OH is 1. The highest BCUT2D eigenvalue weighted by Gasteiger charge is 2.30. The normalized spacial score (nSPS) is 27.9. The average Bonchev–Trinajstić information content (AvgIpc) is 2.45. The van der Waals surface area contributed by atoms with Crippen molar-refractivity contribution in [2.75, 3.05) is 6.54 Å². The Morgan fingerprint density at radius 3 is 2.71 bits per heavy atom. The van der Waals surface area contributed by atoms with Crippen LogP contribution in [0.2, 0.25) is 0 Å². The Morgan fingerprint density at radius 2 is 2.21 bits per heavy atom. The second kappa shape index (κ2) is 5.13. The highest BCUT2D eigenvalue weighted by Crippen LogP contribution is 2.36. The SMILES string of the molecule is CCC(O)CCNC1CCC(C)(C)C1. The third kappa shape index (κ3) is 3.97. The van der Waals surface area contributed by atoms with E-state index in [9.17, 15) is 5.11 Å². The van der Waals surface area contributed by atoms with Crippen molar-refractivity contribution in [2.45, 2.75) is 65.0 Å². The molecule has 1 aliphatic rings. The highest BCUT2D eigenvalue weighted by atomic mass is 16.3. The van der Waals surface area contributed by atoms with Crippen LogP contribution in [0.25, 0.3) is 0 Å². The van der Waals surface area contributed by atoms with Crippen LogP contribution >= 0.6 is 0 Å². The summed E-state index contributed by atoms with van der Waals surface area (Å²) in [5, 5.41) is 12.9. The first-order valence-corrected chi connectivity index (χ1v) is 5.95. The van der Waals surface area contributed by atoms with Crippen molar-refractivity contribution in [3.05, 3.63) is 0 Å². The Hall–Kier alpha value is -0.0800. The average molecular weight is 199 g/mol. The zero-order chi connectivity index (χ0) is 10.6. The molecule has 1 saturated carbocycles. The van der Waals surface area contributed by atoms with Crippen molar-refractivity contribution < 1.29 is 5.11 Å². The maximum absolute atomic E-state index is 9.39. The van der Waals surface area contributed by atoms with E-state index >= 15 is 0 Å². The van der Waals surface area contributed by atoms with Gasteiger partial charge in [-0.3, -0.25) is 0 Å². The van der Waals surface area contributed by atoms with Crippen LogP contribution in [0.15, 0.2) is 0 Å². The molecule has 2 nitrogen and oxygen atoms in total. The van der Waals surface area contributed by atoms with Gasteiger partial charge in [-0.25, -0.2) is 0 Å². The maximum Gasteiger partial charge on any atom is 0.0549 e. The summed E-state index contributed by atoms with van der Waals surface area (Å²) in [6.45, 7) is 7.68. The minimum Gasteiger partial charge on any atom is -0.393 e. The summed E-state index contributed by atoms with van der Waals surface area (Å²) in [5.41, 5.74) is 0.529. The van der Waals surface area contributed by atoms with Gasteiger partial charge in [0.1, 0.15) is 0 Å². The van der Waals surface area contributed by atoms with E-state index in [-0.39, 0.29) is 6.10 Å². The molecule has 0 radical (unpaired) electrons. The molecule has 14 heavy (non-hydrogen) atoms. The van der Waals surface area contributed by atoms with E-state index in [1.807, 2.05) is 6.92 Å². The molecule has 2 N–H and O–H groups in total. The van der Waals surface area contributed by atoms with Crippen molar-refractivity contribution in [1.29, 1.82) is 0 Å². The van der Waals surface area contributed by atoms with Crippen molar-refractivity contribution in [2.24, 2.45) is 5.41 Å². The number of hydrogen-bond donors (Lipinski definition) is 2. The zero-order valence-electron chi connectivity index (χ0n) is 9.84. The maximum atomic E-state index is 9.39. The number of aliphatic hydroxyl groups is 1. The first-order valence-electron chi connectivity index (χ1n) is 5.95. The van der Waals surface area contributed by atoms with Gasteiger partial charge in [0.15, 0.2) is 0 Å². The summed E-state index contributed by atoms with van der Waals surface area (Å²) in [7, 11) is 0. The molecule has 2 atom stereocenters. The summed E-state index contributed by atoms with van der Waals surface area (Å²) >= 11 is 0. The zero-order valence-corrected chi connectivity index (χ0v) is 9.84. The van der Waals surface area contributed by atoms with Crippen LogP contribution in [0.5, 0.6) is 0 Å². The summed E-state index contributed by atoms with van der Waals surface area (Å²) in [4.78, 5) is 0. The third-order valence-electron chi connectivity index (χ3n) is 3.35. The summed E-state index contributed by atoms with van der Waals surface area (Å²) in [6, 6.07) is 0.689. The minimum atomic E-state index is -0.114. The highest BCUT2D eigenvalue weighted by molar-refractivity contribution is 4.86. The van der Waals surface area contributed by atoms with Gasteiger partial charge in [-0.2, -0.15) is 0 Å². The van der Waals surface area contributed by atoms with Gasteiger partial charge in [0.05, 0.1) is 6.10 Å². The smallest absolute Gasteiger partial charge is 0.0549 e. The van der Waals surface area contributed by atoms with Crippen LogP contribution in [0.3, 0.4) is 0 Å². The van der Waals surface area contributed by atoms with Crippen molar-refractivity contribution >= 4 is 0 Å². The molecule has 0 amide bonds. The molecule has 1 aliphatic carbocycles. The monoisotopic (exact) mass is 199 g/mol. The largest absolute Gasteiger partial charge is 0.393 e. The number of rotatable bonds is 5. The fourth-order valence-corrected chi connectivity index (χ4v) is 2.27. The van der Waals surface area contributed by atoms with E-state index in [2.05, 4.69) is 19.2 Å². The van der Waals surface area contributed by atoms with Gasteiger partial charge in [-0.15, -0.1) is 0 Å². The van der Waals surface area contributed by atoms with Gasteiger partial charge >= 0.3 is 0 Å². The van der Waals surface area contributed by atoms with Crippen LogP contribution in [0, 0.1) is 5.41 Å². The Labute approximate surface area is 88.1 Å². The first-order chi connectivity index (χ1) is 6.53. The van der Waals surface area contributed by atoms with Gasteiger partial charge in [0, 0.05) is 6.04 Å². The van der Waals surface area contributed by atoms with E-state index in [1.54, 1.807) is 0 Å². The molecule has 2 unspecified atom stereocenters. The molecule has 84 valence electrons. The summed E-state index contributed by atoms with van der Waals surface area (Å²) in [5.74, 6) is 0. The van der Waals surface area contributed by atoms with Gasteiger partial charge < -0.3 is 10.4 Å². The van der Waals surface area contributed by atoms with Crippen LogP contribution in [-0.2, 0) is 0 Å². The Balaban J connectivity index is 2.09. The predicted molar refractivity (Wildman–Crippen MR) is 60.3 cm³/mol. The van der Waals surface area contributed by atoms with E-state index in [0.717, 1.165) is 19.4 Å². The molecule has 0 saturated heterocycles. The van der Waals surface area contributed by atoms with E-state index in [1.165, 1.54) is 19.3 Å². The second-order valence-corrected chi connectivity index (χ2v) is 5.41. The standard InChI is InChI=1S/C12H25NO/c1-4-11(14)6-8-13-10-5-7-12(2,3)9-10/h10-11,13-14H,4-9H2,1-3H3. The second-order valence-electron chi connectivity index (χ2n) is 5.41. The predicted octanol–water partition coefficient (Wildman–Crippen LogP) is 2.32. The lowest BCUT2D eigenvalue weighted by molar-refractivity contribution is 0.158. The Kier molecular flexibility index (Phi) is 4.39. The van der Waals surface area contributed by atoms with Crippen LogP contribution in [0.1, 0.15) is 52.9 Å². The fourth-order valence-electron chi connectivity index (χ4n) is 2.27. The third-order valence-corrected chi connectivity index (χ3v) is 3.35. The first kappa shape index (κ1) is 12.0. The Morgan fingerprint density at radius 1 is 1.50 bits per heavy atom. The summed E-state index contributed by atoms with van der Waals surface area (Å²) in [6.07, 6.45) is 5.58. The van der Waals surface area contributed by atoms with Crippen molar-refractivity contribution in [3.63, 3.8) is 0 Å². The van der Waals surface area contributed by atoms with Crippen molar-refractivity contribution in [1.82, 2.24) is 5.32 Å². The molecule has 0 spiro atoms. The fraction of sp³-hybridized carbons (Fsp3) is 1.00. The van der Waals surface area contributed by atoms with Gasteiger partial charge in [0.2, 0.25) is 0 Å². The van der Waals surface area contributed by atoms with Crippen molar-refractivity contribution in [3.8, 4) is 0 Å². The molecule has 1 rings (SSSR count). The minimum absolute atomic E-state index is 0.114. The van der Waals surface area contributed by atoms with Gasteiger partial charge in [-0.05, 0) is 44.1 Å². The molecule has 0 heterocycles. The Bertz CT molecular complexity index is 168. The molecule has 0 aromatic heterocycles. The van der Waals surface area contributed by atoms with Crippen LogP contribution < -0.4 is 5.32 Å². The van der Waals surface area contributed by atoms with Gasteiger partial charge in [0.25, 0.3) is 0 Å². The van der Waals surface area contributed by atoms with E-state index in [0.29, 0.717) is 11.5 Å². The molecule has 2 heteroatoms. The topological polar surface area (TPSA) is 32.3 Å². The summed E-state index contributed by atoms with van der Waals surface area (Å²) < 4.78 is 0. The van der Waals surface area contributed by atoms with E-state index < -0.39 is 0 Å². The lowest BCUT2D eigenvalue weighted by Crippen LogP contribution is -2.30. The molecular weight excluding hydrogens is 174 g/mol. The quantitative estimate of drug-likeness (QED) is 0.712. The lowest BCUT2D eigenvalue weighted by atomic mass is 9.92. The van der Waals surface area contributed by atoms with E-state index in [4.69, 9.17) is 0 Å². The van der Waals surface area contributed by atoms with Gasteiger partial charge in [-0.1, -0.05) is 20.8 Å². The molecule has 0 aromatic rings. The lowest BCUT2D eigenvalue weighted by Gasteiger charge is -2.18. The molecule has 1 fully saturated rings. The number of hydrogen-bond acceptors (Lipinski definition) is 2. The molecule has 0 aromatic carbocycles. The van der Waals surface area contributed by atoms with Crippen LogP contribution in [0.4, 0.5) is 0 Å². The van der Waals surface area contributed by atoms with Crippen LogP contribution in [-0.4, -0.2) is 23.8 Å². The molecule has 0 aliphatic heterocycles. The molecular formula is C12H25NO. The molecule has 0 bridgehead atoms. The number of nitrogens with one attached hydrogen (secondary N) is 1.